The molecule has 0 spiro atoms. The second-order valence-electron chi connectivity index (χ2n) is 3.76. The molecular formula is C12H21NO. The molecule has 1 aromatic rings. The van der Waals surface area contributed by atoms with Gasteiger partial charge in [-0.15, -0.1) is 0 Å². The highest BCUT2D eigenvalue weighted by atomic mass is 16.3. The van der Waals surface area contributed by atoms with E-state index in [4.69, 9.17) is 4.42 Å². The van der Waals surface area contributed by atoms with Gasteiger partial charge in [0.25, 0.3) is 0 Å². The number of rotatable bonds is 7. The summed E-state index contributed by atoms with van der Waals surface area (Å²) < 4.78 is 5.33. The molecule has 1 N–H and O–H groups in total. The van der Waals surface area contributed by atoms with Crippen molar-refractivity contribution >= 4 is 0 Å². The van der Waals surface area contributed by atoms with Crippen LogP contribution in [0.15, 0.2) is 16.7 Å². The van der Waals surface area contributed by atoms with E-state index in [2.05, 4.69) is 19.2 Å². The van der Waals surface area contributed by atoms with Crippen LogP contribution in [0.25, 0.3) is 0 Å². The van der Waals surface area contributed by atoms with Crippen LogP contribution in [0.2, 0.25) is 0 Å². The molecular weight excluding hydrogens is 174 g/mol. The quantitative estimate of drug-likeness (QED) is 0.675. The lowest BCUT2D eigenvalue weighted by Gasteiger charge is -2.02. The molecule has 0 radical (unpaired) electrons. The maximum absolute atomic E-state index is 5.33. The lowest BCUT2D eigenvalue weighted by atomic mass is 10.2. The van der Waals surface area contributed by atoms with E-state index in [0.717, 1.165) is 18.8 Å². The van der Waals surface area contributed by atoms with Crippen LogP contribution in [0.4, 0.5) is 0 Å². The maximum Gasteiger partial charge on any atom is 0.120 e. The molecule has 0 saturated carbocycles. The van der Waals surface area contributed by atoms with Crippen molar-refractivity contribution in [2.75, 3.05) is 6.54 Å². The van der Waals surface area contributed by atoms with Gasteiger partial charge in [0.2, 0.25) is 0 Å². The van der Waals surface area contributed by atoms with Gasteiger partial charge in [0.1, 0.15) is 5.76 Å². The second-order valence-corrected chi connectivity index (χ2v) is 3.76. The standard InChI is InChI=1S/C12H21NO/c1-3-4-5-6-8-13-10-12-11(2)7-9-14-12/h7,9,13H,3-6,8,10H2,1-2H3. The number of aryl methyl sites for hydroxylation is 1. The largest absolute Gasteiger partial charge is 0.468 e. The molecule has 0 amide bonds. The highest BCUT2D eigenvalue weighted by Crippen LogP contribution is 2.07. The number of hydrogen-bond acceptors (Lipinski definition) is 2. The van der Waals surface area contributed by atoms with Gasteiger partial charge in [0.05, 0.1) is 12.8 Å². The SMILES string of the molecule is CCCCCCNCc1occc1C. The number of unbranched alkanes of at least 4 members (excludes halogenated alkanes) is 3. The molecule has 0 aliphatic rings. The first kappa shape index (κ1) is 11.3. The van der Waals surface area contributed by atoms with Crippen molar-refractivity contribution in [1.29, 1.82) is 0 Å². The average molecular weight is 195 g/mol. The minimum atomic E-state index is 0.866. The summed E-state index contributed by atoms with van der Waals surface area (Å²) in [6.07, 6.45) is 7.01. The Labute approximate surface area is 86.7 Å². The highest BCUT2D eigenvalue weighted by molar-refractivity contribution is 5.13. The van der Waals surface area contributed by atoms with Gasteiger partial charge in [-0.2, -0.15) is 0 Å². The summed E-state index contributed by atoms with van der Waals surface area (Å²) in [5.41, 5.74) is 1.24. The Balaban J connectivity index is 2.02. The summed E-state index contributed by atoms with van der Waals surface area (Å²) in [6.45, 7) is 6.28. The Bertz CT molecular complexity index is 242. The van der Waals surface area contributed by atoms with Crippen LogP contribution in [0.5, 0.6) is 0 Å². The van der Waals surface area contributed by atoms with Crippen molar-refractivity contribution < 1.29 is 4.42 Å². The Morgan fingerprint density at radius 1 is 1.29 bits per heavy atom. The second kappa shape index (κ2) is 6.66. The van der Waals surface area contributed by atoms with E-state index >= 15 is 0 Å². The summed E-state index contributed by atoms with van der Waals surface area (Å²) in [7, 11) is 0. The summed E-state index contributed by atoms with van der Waals surface area (Å²) in [6, 6.07) is 2.01. The van der Waals surface area contributed by atoms with Crippen LogP contribution in [0, 0.1) is 6.92 Å². The molecule has 0 saturated heterocycles. The predicted octanol–water partition coefficient (Wildman–Crippen LogP) is 3.26. The van der Waals surface area contributed by atoms with Gasteiger partial charge < -0.3 is 9.73 Å². The zero-order valence-electron chi connectivity index (χ0n) is 9.31. The van der Waals surface area contributed by atoms with Crippen molar-refractivity contribution in [3.63, 3.8) is 0 Å². The zero-order chi connectivity index (χ0) is 10.2. The van der Waals surface area contributed by atoms with Gasteiger partial charge in [0, 0.05) is 0 Å². The van der Waals surface area contributed by atoms with E-state index in [1.165, 1.54) is 31.2 Å². The molecule has 0 aromatic carbocycles. The maximum atomic E-state index is 5.33. The molecule has 0 unspecified atom stereocenters. The normalized spacial score (nSPS) is 10.7. The minimum Gasteiger partial charge on any atom is -0.468 e. The van der Waals surface area contributed by atoms with Gasteiger partial charge in [0.15, 0.2) is 0 Å². The first-order valence-electron chi connectivity index (χ1n) is 5.58. The molecule has 0 aliphatic heterocycles. The molecule has 1 aromatic heterocycles. The Morgan fingerprint density at radius 3 is 2.79 bits per heavy atom. The van der Waals surface area contributed by atoms with Crippen molar-refractivity contribution in [2.45, 2.75) is 46.1 Å². The van der Waals surface area contributed by atoms with E-state index in [1.807, 2.05) is 6.07 Å². The van der Waals surface area contributed by atoms with Crippen LogP contribution in [0.1, 0.15) is 43.9 Å². The summed E-state index contributed by atoms with van der Waals surface area (Å²) in [5.74, 6) is 1.07. The smallest absolute Gasteiger partial charge is 0.120 e. The Kier molecular flexibility index (Phi) is 5.38. The number of furan rings is 1. The summed E-state index contributed by atoms with van der Waals surface area (Å²) in [5, 5.41) is 3.39. The van der Waals surface area contributed by atoms with Crippen LogP contribution < -0.4 is 5.32 Å². The van der Waals surface area contributed by atoms with Gasteiger partial charge in [-0.25, -0.2) is 0 Å². The Hall–Kier alpha value is -0.760. The Morgan fingerprint density at radius 2 is 2.14 bits per heavy atom. The highest BCUT2D eigenvalue weighted by Gasteiger charge is 1.99. The molecule has 0 aliphatic carbocycles. The molecule has 0 atom stereocenters. The molecule has 2 heteroatoms. The molecule has 1 rings (SSSR count). The van der Waals surface area contributed by atoms with Crippen LogP contribution in [-0.4, -0.2) is 6.54 Å². The van der Waals surface area contributed by atoms with E-state index in [1.54, 1.807) is 6.26 Å². The third-order valence-corrected chi connectivity index (χ3v) is 2.46. The van der Waals surface area contributed by atoms with E-state index in [0.29, 0.717) is 0 Å². The molecule has 0 fully saturated rings. The molecule has 80 valence electrons. The number of nitrogens with one attached hydrogen (secondary N) is 1. The molecule has 1 heterocycles. The zero-order valence-corrected chi connectivity index (χ0v) is 9.31. The topological polar surface area (TPSA) is 25.2 Å². The van der Waals surface area contributed by atoms with Gasteiger partial charge in [-0.1, -0.05) is 26.2 Å². The summed E-state index contributed by atoms with van der Waals surface area (Å²) >= 11 is 0. The van der Waals surface area contributed by atoms with Crippen molar-refractivity contribution in [3.05, 3.63) is 23.7 Å². The monoisotopic (exact) mass is 195 g/mol. The van der Waals surface area contributed by atoms with Crippen LogP contribution in [0.3, 0.4) is 0 Å². The van der Waals surface area contributed by atoms with E-state index in [-0.39, 0.29) is 0 Å². The third kappa shape index (κ3) is 3.97. The lowest BCUT2D eigenvalue weighted by Crippen LogP contribution is -2.14. The predicted molar refractivity (Wildman–Crippen MR) is 59.3 cm³/mol. The van der Waals surface area contributed by atoms with Crippen LogP contribution >= 0.6 is 0 Å². The summed E-state index contributed by atoms with van der Waals surface area (Å²) in [4.78, 5) is 0. The third-order valence-electron chi connectivity index (χ3n) is 2.46. The molecule has 0 bridgehead atoms. The fourth-order valence-corrected chi connectivity index (χ4v) is 1.46. The van der Waals surface area contributed by atoms with Crippen molar-refractivity contribution in [1.82, 2.24) is 5.32 Å². The molecule has 14 heavy (non-hydrogen) atoms. The van der Waals surface area contributed by atoms with Gasteiger partial charge >= 0.3 is 0 Å². The van der Waals surface area contributed by atoms with Gasteiger partial charge in [-0.05, 0) is 31.5 Å². The lowest BCUT2D eigenvalue weighted by molar-refractivity contribution is 0.475. The fourth-order valence-electron chi connectivity index (χ4n) is 1.46. The van der Waals surface area contributed by atoms with Gasteiger partial charge in [-0.3, -0.25) is 0 Å². The van der Waals surface area contributed by atoms with E-state index in [9.17, 15) is 0 Å². The first-order valence-corrected chi connectivity index (χ1v) is 5.58. The van der Waals surface area contributed by atoms with E-state index < -0.39 is 0 Å². The number of hydrogen-bond donors (Lipinski definition) is 1. The fraction of sp³-hybridized carbons (Fsp3) is 0.667. The molecule has 2 nitrogen and oxygen atoms in total. The van der Waals surface area contributed by atoms with Crippen molar-refractivity contribution in [3.8, 4) is 0 Å². The van der Waals surface area contributed by atoms with Crippen LogP contribution in [-0.2, 0) is 6.54 Å². The van der Waals surface area contributed by atoms with Crippen molar-refractivity contribution in [2.24, 2.45) is 0 Å². The average Bonchev–Trinajstić information content (AvgIpc) is 2.58. The first-order chi connectivity index (χ1) is 6.84. The minimum absolute atomic E-state index is 0.866.